The monoisotopic (exact) mass is 442 g/mol. The van der Waals surface area contributed by atoms with E-state index in [1.165, 1.54) is 18.2 Å². The molecule has 1 atom stereocenters. The molecule has 0 aliphatic carbocycles. The third-order valence-electron chi connectivity index (χ3n) is 4.51. The van der Waals surface area contributed by atoms with Crippen LogP contribution in [0.1, 0.15) is 36.1 Å². The van der Waals surface area contributed by atoms with Gasteiger partial charge in [-0.1, -0.05) is 29.8 Å². The lowest BCUT2D eigenvalue weighted by atomic mass is 9.98. The minimum Gasteiger partial charge on any atom is -0.350 e. The van der Waals surface area contributed by atoms with Crippen molar-refractivity contribution in [2.24, 2.45) is 0 Å². The Morgan fingerprint density at radius 1 is 1.24 bits per heavy atom. The predicted octanol–water partition coefficient (Wildman–Crippen LogP) is 3.08. The van der Waals surface area contributed by atoms with Gasteiger partial charge in [0.25, 0.3) is 12.0 Å². The smallest absolute Gasteiger partial charge is 0.267 e. The fraction of sp³-hybridized carbons (Fsp3) is 0.263. The van der Waals surface area contributed by atoms with Crippen molar-refractivity contribution in [2.75, 3.05) is 6.26 Å². The third-order valence-corrected chi connectivity index (χ3v) is 5.96. The van der Waals surface area contributed by atoms with Crippen LogP contribution in [0.25, 0.3) is 5.57 Å². The van der Waals surface area contributed by atoms with E-state index in [1.54, 1.807) is 6.08 Å². The molecule has 3 rings (SSSR count). The average molecular weight is 443 g/mol. The molecule has 2 heterocycles. The lowest BCUT2D eigenvalue weighted by Crippen LogP contribution is -2.23. The molecule has 1 amide bonds. The number of carbonyl (C=O) groups is 1. The molecule has 2 aromatic rings. The highest BCUT2D eigenvalue weighted by atomic mass is 35.5. The Balaban J connectivity index is 2.21. The molecule has 154 valence electrons. The Morgan fingerprint density at radius 3 is 2.52 bits per heavy atom. The molecule has 0 bridgehead atoms. The Morgan fingerprint density at radius 2 is 1.97 bits per heavy atom. The molecule has 1 fully saturated rings. The lowest BCUT2D eigenvalue weighted by Gasteiger charge is -2.15. The Labute approximate surface area is 170 Å². The van der Waals surface area contributed by atoms with Crippen molar-refractivity contribution >= 4 is 32.9 Å². The number of sulfone groups is 1. The van der Waals surface area contributed by atoms with Crippen molar-refractivity contribution < 1.29 is 22.0 Å². The van der Waals surface area contributed by atoms with E-state index in [4.69, 9.17) is 11.6 Å². The van der Waals surface area contributed by atoms with Crippen LogP contribution in [0.2, 0.25) is 5.02 Å². The number of H-pyrrole nitrogens is 1. The van der Waals surface area contributed by atoms with E-state index in [1.807, 2.05) is 0 Å². The van der Waals surface area contributed by atoms with Gasteiger partial charge in [-0.25, -0.2) is 17.2 Å². The first kappa shape index (κ1) is 21.2. The van der Waals surface area contributed by atoms with Gasteiger partial charge in [0.15, 0.2) is 9.84 Å². The maximum atomic E-state index is 13.3. The number of amides is 1. The molecule has 1 aromatic carbocycles. The molecule has 0 radical (unpaired) electrons. The topological polar surface area (TPSA) is 96.1 Å². The summed E-state index contributed by atoms with van der Waals surface area (Å²) in [5.74, 6) is -0.139. The molecule has 1 aliphatic rings. The molecule has 1 aliphatic heterocycles. The molecule has 0 spiro atoms. The highest BCUT2D eigenvalue weighted by molar-refractivity contribution is 7.90. The molecule has 0 unspecified atom stereocenters. The normalized spacial score (nSPS) is 17.6. The number of nitrogens with one attached hydrogen (secondary N) is 2. The number of benzene rings is 1. The van der Waals surface area contributed by atoms with E-state index < -0.39 is 32.3 Å². The number of aromatic nitrogens is 1. The molecular formula is C19H17ClF2N2O4S. The summed E-state index contributed by atoms with van der Waals surface area (Å²) in [7, 11) is -3.94. The minimum absolute atomic E-state index is 0.0351. The summed E-state index contributed by atoms with van der Waals surface area (Å²) in [6.45, 7) is 0. The second-order valence-corrected chi connectivity index (χ2v) is 9.06. The van der Waals surface area contributed by atoms with Gasteiger partial charge in [0, 0.05) is 35.5 Å². The maximum absolute atomic E-state index is 13.3. The number of rotatable bonds is 5. The summed E-state index contributed by atoms with van der Waals surface area (Å²) < 4.78 is 50.7. The first-order valence-electron chi connectivity index (χ1n) is 8.59. The summed E-state index contributed by atoms with van der Waals surface area (Å²) in [5.41, 5.74) is -0.164. The van der Waals surface area contributed by atoms with E-state index >= 15 is 0 Å². The Hall–Kier alpha value is -2.52. The summed E-state index contributed by atoms with van der Waals surface area (Å²) in [5, 5.41) is 2.72. The van der Waals surface area contributed by atoms with E-state index in [0.29, 0.717) is 29.7 Å². The van der Waals surface area contributed by atoms with Crippen LogP contribution in [0.3, 0.4) is 0 Å². The fourth-order valence-electron chi connectivity index (χ4n) is 3.12. The summed E-state index contributed by atoms with van der Waals surface area (Å²) >= 11 is 5.78. The average Bonchev–Trinajstić information content (AvgIpc) is 3.06. The first-order valence-corrected chi connectivity index (χ1v) is 10.9. The number of alkyl halides is 2. The minimum atomic E-state index is -3.94. The third kappa shape index (κ3) is 4.73. The van der Waals surface area contributed by atoms with Gasteiger partial charge < -0.3 is 10.3 Å². The molecule has 1 aromatic heterocycles. The van der Waals surface area contributed by atoms with Gasteiger partial charge in [-0.2, -0.15) is 0 Å². The van der Waals surface area contributed by atoms with Crippen LogP contribution >= 0.6 is 11.6 Å². The summed E-state index contributed by atoms with van der Waals surface area (Å²) in [4.78, 5) is 25.6. The van der Waals surface area contributed by atoms with Crippen LogP contribution in [0.5, 0.6) is 0 Å². The predicted molar refractivity (Wildman–Crippen MR) is 105 cm³/mol. The zero-order chi connectivity index (χ0) is 21.3. The zero-order valence-electron chi connectivity index (χ0n) is 15.2. The molecular weight excluding hydrogens is 426 g/mol. The van der Waals surface area contributed by atoms with Crippen LogP contribution in [0, 0.1) is 0 Å². The van der Waals surface area contributed by atoms with E-state index in [9.17, 15) is 26.8 Å². The van der Waals surface area contributed by atoms with Crippen molar-refractivity contribution in [1.29, 1.82) is 0 Å². The highest BCUT2D eigenvalue weighted by Gasteiger charge is 2.24. The van der Waals surface area contributed by atoms with Crippen molar-refractivity contribution in [1.82, 2.24) is 10.3 Å². The van der Waals surface area contributed by atoms with Gasteiger partial charge in [0.1, 0.15) is 5.02 Å². The van der Waals surface area contributed by atoms with E-state index in [-0.39, 0.29) is 17.0 Å². The van der Waals surface area contributed by atoms with Crippen molar-refractivity contribution in [2.45, 2.75) is 30.2 Å². The second-order valence-electron chi connectivity index (χ2n) is 6.67. The molecule has 1 saturated heterocycles. The molecule has 29 heavy (non-hydrogen) atoms. The van der Waals surface area contributed by atoms with Crippen LogP contribution in [0.15, 0.2) is 46.1 Å². The zero-order valence-corrected chi connectivity index (χ0v) is 16.8. The van der Waals surface area contributed by atoms with Gasteiger partial charge in [-0.3, -0.25) is 9.59 Å². The number of carbonyl (C=O) groups excluding carboxylic acids is 1. The Bertz CT molecular complexity index is 1160. The van der Waals surface area contributed by atoms with Gasteiger partial charge in [-0.15, -0.1) is 0 Å². The molecule has 0 saturated carbocycles. The van der Waals surface area contributed by atoms with Crippen LogP contribution in [-0.2, 0) is 14.6 Å². The fourth-order valence-corrected chi connectivity index (χ4v) is 4.16. The number of hydrogen-bond acceptors (Lipinski definition) is 4. The van der Waals surface area contributed by atoms with Crippen molar-refractivity contribution in [3.05, 3.63) is 68.6 Å². The SMILES string of the molecule is CS(=O)(=O)c1cc(/C(=C\[C@H]2CCC(=O)N2)c2ccc(Cl)c(=O)[nH]2)ccc1C(F)F. The second kappa shape index (κ2) is 8.08. The lowest BCUT2D eigenvalue weighted by molar-refractivity contribution is -0.119. The van der Waals surface area contributed by atoms with E-state index in [0.717, 1.165) is 18.4 Å². The Kier molecular flexibility index (Phi) is 5.90. The van der Waals surface area contributed by atoms with Gasteiger partial charge >= 0.3 is 0 Å². The van der Waals surface area contributed by atoms with Gasteiger partial charge in [0.05, 0.1) is 4.90 Å². The maximum Gasteiger partial charge on any atom is 0.267 e. The number of halogens is 3. The number of aromatic amines is 1. The molecule has 2 N–H and O–H groups in total. The quantitative estimate of drug-likeness (QED) is 0.743. The summed E-state index contributed by atoms with van der Waals surface area (Å²) in [6.07, 6.45) is 0.375. The highest BCUT2D eigenvalue weighted by Crippen LogP contribution is 2.32. The van der Waals surface area contributed by atoms with Crippen LogP contribution in [0.4, 0.5) is 8.78 Å². The largest absolute Gasteiger partial charge is 0.350 e. The van der Waals surface area contributed by atoms with Crippen LogP contribution in [-0.4, -0.2) is 31.6 Å². The van der Waals surface area contributed by atoms with Gasteiger partial charge in [-0.05, 0) is 30.2 Å². The molecule has 10 heteroatoms. The van der Waals surface area contributed by atoms with E-state index in [2.05, 4.69) is 10.3 Å². The van der Waals surface area contributed by atoms with Gasteiger partial charge in [0.2, 0.25) is 5.91 Å². The number of pyridine rings is 1. The van der Waals surface area contributed by atoms with Crippen molar-refractivity contribution in [3.63, 3.8) is 0 Å². The van der Waals surface area contributed by atoms with Crippen LogP contribution < -0.4 is 10.9 Å². The summed E-state index contributed by atoms with van der Waals surface area (Å²) in [6, 6.07) is 6.09. The van der Waals surface area contributed by atoms with Crippen molar-refractivity contribution in [3.8, 4) is 0 Å². The first-order chi connectivity index (χ1) is 13.6. The molecule has 6 nitrogen and oxygen atoms in total. The standard InChI is InChI=1S/C19H17ClF2N2O4S/c1-29(27,28)16-8-10(2-4-12(16)18(21)22)13(9-11-3-7-17(25)23-11)15-6-5-14(20)19(26)24-15/h2,4-6,8-9,11,18H,3,7H2,1H3,(H,23,25)(H,24,26)/b13-9+/t11-/m1/s1. The number of hydrogen-bond donors (Lipinski definition) is 2.